The number of amides is 2. The van der Waals surface area contributed by atoms with Crippen molar-refractivity contribution >= 4 is 18.3 Å². The first-order valence-electron chi connectivity index (χ1n) is 8.07. The van der Waals surface area contributed by atoms with Gasteiger partial charge in [0.2, 0.25) is 18.3 Å². The van der Waals surface area contributed by atoms with E-state index in [1.807, 2.05) is 6.92 Å². The lowest BCUT2D eigenvalue weighted by atomic mass is 10.00. The molecule has 11 heteroatoms. The molecule has 26 heavy (non-hydrogen) atoms. The fourth-order valence-electron chi connectivity index (χ4n) is 2.31. The van der Waals surface area contributed by atoms with Crippen molar-refractivity contribution in [2.75, 3.05) is 18.6 Å². The van der Waals surface area contributed by atoms with Crippen molar-refractivity contribution in [3.8, 4) is 0 Å². The minimum Gasteiger partial charge on any atom is -0.286 e. The fourth-order valence-corrected chi connectivity index (χ4v) is 2.31. The third kappa shape index (κ3) is 6.23. The number of unbranched alkanes of at least 4 members (excludes halogenated alkanes) is 2. The number of hydrogen-bond donors (Lipinski definition) is 2. The van der Waals surface area contributed by atoms with Crippen LogP contribution in [0.1, 0.15) is 38.3 Å². The summed E-state index contributed by atoms with van der Waals surface area (Å²) in [6.45, 7) is 1.68. The molecule has 0 fully saturated rings. The van der Waals surface area contributed by atoms with Crippen molar-refractivity contribution in [1.29, 1.82) is 0 Å². The molecule has 146 valence electrons. The molecular weight excluding hydrogens is 355 g/mol. The average Bonchev–Trinajstić information content (AvgIpc) is 2.61. The van der Waals surface area contributed by atoms with Gasteiger partial charge in [0.1, 0.15) is 5.69 Å². The summed E-state index contributed by atoms with van der Waals surface area (Å²) in [6.07, 6.45) is -0.904. The van der Waals surface area contributed by atoms with Gasteiger partial charge < -0.3 is 0 Å². The summed E-state index contributed by atoms with van der Waals surface area (Å²) in [5.74, 6) is -1.95. The van der Waals surface area contributed by atoms with Crippen LogP contribution >= 0.6 is 0 Å². The molecular formula is C15H22F3N5O3. The van der Waals surface area contributed by atoms with Crippen LogP contribution in [0.4, 0.5) is 19.1 Å². The van der Waals surface area contributed by atoms with Gasteiger partial charge in [-0.15, -0.1) is 0 Å². The van der Waals surface area contributed by atoms with E-state index in [1.165, 1.54) is 7.05 Å². The molecule has 1 rings (SSSR count). The first kappa shape index (κ1) is 21.8. The first-order valence-corrected chi connectivity index (χ1v) is 8.07. The molecule has 1 aromatic rings. The Morgan fingerprint density at radius 1 is 1.42 bits per heavy atom. The number of carbonyl (C=O) groups is 2. The summed E-state index contributed by atoms with van der Waals surface area (Å²) in [5, 5.41) is 10.5. The van der Waals surface area contributed by atoms with Gasteiger partial charge in [-0.25, -0.2) is 25.5 Å². The third-order valence-electron chi connectivity index (χ3n) is 3.61. The number of anilines is 1. The quantitative estimate of drug-likeness (QED) is 0.280. The zero-order valence-corrected chi connectivity index (χ0v) is 14.5. The number of aromatic nitrogens is 2. The molecule has 0 aliphatic carbocycles. The van der Waals surface area contributed by atoms with Crippen molar-refractivity contribution in [3.63, 3.8) is 0 Å². The second kappa shape index (κ2) is 10.0. The summed E-state index contributed by atoms with van der Waals surface area (Å²) < 4.78 is 38.5. The molecule has 0 saturated heterocycles. The Bertz CT molecular complexity index is 600. The van der Waals surface area contributed by atoms with Gasteiger partial charge >= 0.3 is 6.18 Å². The molecule has 1 aromatic heterocycles. The summed E-state index contributed by atoms with van der Waals surface area (Å²) in [7, 11) is 1.33. The van der Waals surface area contributed by atoms with Crippen molar-refractivity contribution in [3.05, 3.63) is 18.0 Å². The van der Waals surface area contributed by atoms with Crippen molar-refractivity contribution in [1.82, 2.24) is 20.5 Å². The lowest BCUT2D eigenvalue weighted by Crippen LogP contribution is -2.48. The largest absolute Gasteiger partial charge is 0.433 e. The molecule has 8 nitrogen and oxygen atoms in total. The highest BCUT2D eigenvalue weighted by Crippen LogP contribution is 2.28. The number of nitrogens with one attached hydrogen (secondary N) is 1. The van der Waals surface area contributed by atoms with E-state index < -0.39 is 29.6 Å². The second-order valence-electron chi connectivity index (χ2n) is 5.56. The van der Waals surface area contributed by atoms with E-state index in [4.69, 9.17) is 0 Å². The van der Waals surface area contributed by atoms with E-state index in [0.29, 0.717) is 24.0 Å². The Balaban J connectivity index is 3.06. The number of hydrogen-bond acceptors (Lipinski definition) is 6. The number of halogens is 3. The highest BCUT2D eigenvalue weighted by Gasteiger charge is 2.34. The lowest BCUT2D eigenvalue weighted by Gasteiger charge is -2.26. The van der Waals surface area contributed by atoms with Gasteiger partial charge in [0, 0.05) is 13.2 Å². The zero-order chi connectivity index (χ0) is 19.7. The van der Waals surface area contributed by atoms with Crippen LogP contribution in [0.5, 0.6) is 0 Å². The van der Waals surface area contributed by atoms with Crippen molar-refractivity contribution < 1.29 is 28.0 Å². The Hall–Kier alpha value is -2.27. The number of hydroxylamine groups is 2. The zero-order valence-electron chi connectivity index (χ0n) is 14.5. The van der Waals surface area contributed by atoms with Gasteiger partial charge in [0.05, 0.1) is 12.5 Å². The molecule has 0 saturated carbocycles. The van der Waals surface area contributed by atoms with Crippen LogP contribution in [0, 0.1) is 5.92 Å². The van der Waals surface area contributed by atoms with Crippen LogP contribution in [-0.4, -0.2) is 46.1 Å². The van der Waals surface area contributed by atoms with Crippen LogP contribution < -0.4 is 10.4 Å². The van der Waals surface area contributed by atoms with Gasteiger partial charge in [0.25, 0.3) is 0 Å². The van der Waals surface area contributed by atoms with Crippen LogP contribution in [0.25, 0.3) is 0 Å². The molecule has 0 aliphatic rings. The molecule has 2 amide bonds. The minimum absolute atomic E-state index is 0.157. The average molecular weight is 377 g/mol. The molecule has 0 aliphatic heterocycles. The van der Waals surface area contributed by atoms with E-state index >= 15 is 0 Å². The third-order valence-corrected chi connectivity index (χ3v) is 3.61. The Morgan fingerprint density at radius 2 is 2.12 bits per heavy atom. The topological polar surface area (TPSA) is 98.7 Å². The van der Waals surface area contributed by atoms with E-state index in [9.17, 15) is 28.0 Å². The molecule has 1 heterocycles. The van der Waals surface area contributed by atoms with Crippen LogP contribution in [-0.2, 0) is 15.8 Å². The molecule has 0 spiro atoms. The van der Waals surface area contributed by atoms with E-state index in [0.717, 1.165) is 24.0 Å². The van der Waals surface area contributed by atoms with Gasteiger partial charge in [0.15, 0.2) is 0 Å². The SMILES string of the molecule is CCCCC[C@H](CN(O)C=O)C(=O)N(NC)c1nccc(C(F)(F)F)n1. The summed E-state index contributed by atoms with van der Waals surface area (Å²) in [4.78, 5) is 30.5. The standard InChI is InChI=1S/C15H22F3N5O3/c1-3-4-5-6-11(9-22(26)10-24)13(25)23(19-2)14-20-8-7-12(21-14)15(16,17)18/h7-8,10-11,19,26H,3-6,9H2,1-2H3/t11-/m1/s1. The fraction of sp³-hybridized carbons (Fsp3) is 0.600. The molecule has 0 aromatic carbocycles. The molecule has 0 radical (unpaired) electrons. The molecule has 2 N–H and O–H groups in total. The molecule has 1 atom stereocenters. The molecule has 0 bridgehead atoms. The predicted octanol–water partition coefficient (Wildman–Crippen LogP) is 2.01. The smallest absolute Gasteiger partial charge is 0.286 e. The Kier molecular flexibility index (Phi) is 8.39. The highest BCUT2D eigenvalue weighted by atomic mass is 19.4. The van der Waals surface area contributed by atoms with Crippen LogP contribution in [0.15, 0.2) is 12.3 Å². The maximum Gasteiger partial charge on any atom is 0.433 e. The summed E-state index contributed by atoms with van der Waals surface area (Å²) in [5.41, 5.74) is 1.28. The van der Waals surface area contributed by atoms with Gasteiger partial charge in [-0.1, -0.05) is 26.2 Å². The van der Waals surface area contributed by atoms with Gasteiger partial charge in [-0.3, -0.25) is 14.8 Å². The van der Waals surface area contributed by atoms with E-state index in [1.54, 1.807) is 0 Å². The van der Waals surface area contributed by atoms with Gasteiger partial charge in [-0.05, 0) is 12.5 Å². The van der Waals surface area contributed by atoms with Gasteiger partial charge in [-0.2, -0.15) is 13.2 Å². The van der Waals surface area contributed by atoms with Crippen molar-refractivity contribution in [2.45, 2.75) is 38.8 Å². The second-order valence-corrected chi connectivity index (χ2v) is 5.56. The maximum atomic E-state index is 12.8. The number of carbonyl (C=O) groups excluding carboxylic acids is 2. The van der Waals surface area contributed by atoms with Crippen LogP contribution in [0.3, 0.4) is 0 Å². The van der Waals surface area contributed by atoms with Crippen molar-refractivity contribution in [2.24, 2.45) is 5.92 Å². The van der Waals surface area contributed by atoms with E-state index in [2.05, 4.69) is 15.4 Å². The highest BCUT2D eigenvalue weighted by molar-refractivity contribution is 5.92. The molecule has 0 unspecified atom stereocenters. The number of nitrogens with zero attached hydrogens (tertiary/aromatic N) is 4. The normalized spacial score (nSPS) is 12.5. The number of hydrazine groups is 1. The monoisotopic (exact) mass is 377 g/mol. The lowest BCUT2D eigenvalue weighted by molar-refractivity contribution is -0.154. The summed E-state index contributed by atoms with van der Waals surface area (Å²) >= 11 is 0. The number of alkyl halides is 3. The number of rotatable bonds is 10. The predicted molar refractivity (Wildman–Crippen MR) is 85.8 cm³/mol. The Labute approximate surface area is 148 Å². The van der Waals surface area contributed by atoms with E-state index in [-0.39, 0.29) is 13.0 Å². The Morgan fingerprint density at radius 3 is 2.65 bits per heavy atom. The summed E-state index contributed by atoms with van der Waals surface area (Å²) in [6, 6.07) is 0.697. The van der Waals surface area contributed by atoms with Crippen LogP contribution in [0.2, 0.25) is 0 Å². The maximum absolute atomic E-state index is 12.8. The first-order chi connectivity index (χ1) is 12.2. The minimum atomic E-state index is -4.68.